The number of nitrogens with zero attached hydrogens (tertiary/aromatic N) is 1. The van der Waals surface area contributed by atoms with Gasteiger partial charge in [0, 0.05) is 25.6 Å². The highest BCUT2D eigenvalue weighted by molar-refractivity contribution is 5.93. The third kappa shape index (κ3) is 3.62. The van der Waals surface area contributed by atoms with Crippen LogP contribution in [0.5, 0.6) is 0 Å². The molecule has 0 aromatic carbocycles. The summed E-state index contributed by atoms with van der Waals surface area (Å²) in [5.41, 5.74) is 0.211. The summed E-state index contributed by atoms with van der Waals surface area (Å²) < 4.78 is 25.0. The van der Waals surface area contributed by atoms with Crippen molar-refractivity contribution in [1.29, 1.82) is 0 Å². The lowest BCUT2D eigenvalue weighted by molar-refractivity contribution is -0.175. The summed E-state index contributed by atoms with van der Waals surface area (Å²) in [6, 6.07) is 1.17. The van der Waals surface area contributed by atoms with Crippen LogP contribution in [-0.4, -0.2) is 35.9 Å². The van der Waals surface area contributed by atoms with Crippen LogP contribution in [-0.2, 0) is 9.47 Å². The molecule has 1 aromatic heterocycles. The van der Waals surface area contributed by atoms with E-state index in [2.05, 4.69) is 10.3 Å². The summed E-state index contributed by atoms with van der Waals surface area (Å²) in [5, 5.41) is 2.76. The second kappa shape index (κ2) is 6.71. The van der Waals surface area contributed by atoms with E-state index in [0.717, 1.165) is 31.9 Å². The Morgan fingerprint density at radius 1 is 1.32 bits per heavy atom. The first-order valence-electron chi connectivity index (χ1n) is 7.87. The van der Waals surface area contributed by atoms with Crippen molar-refractivity contribution in [1.82, 2.24) is 10.3 Å². The van der Waals surface area contributed by atoms with Gasteiger partial charge in [-0.1, -0.05) is 12.8 Å². The predicted octanol–water partition coefficient (Wildman–Crippen LogP) is 2.42. The van der Waals surface area contributed by atoms with E-state index in [1.54, 1.807) is 0 Å². The maximum absolute atomic E-state index is 13.1. The summed E-state index contributed by atoms with van der Waals surface area (Å²) >= 11 is 0. The number of rotatable bonds is 3. The van der Waals surface area contributed by atoms with E-state index in [9.17, 15) is 9.18 Å². The number of pyridine rings is 1. The fourth-order valence-corrected chi connectivity index (χ4v) is 3.09. The number of hydrogen-bond acceptors (Lipinski definition) is 4. The van der Waals surface area contributed by atoms with Crippen LogP contribution in [0.1, 0.15) is 48.9 Å². The molecule has 1 N–H and O–H groups in total. The first-order chi connectivity index (χ1) is 10.7. The first kappa shape index (κ1) is 15.4. The number of amides is 1. The van der Waals surface area contributed by atoms with E-state index < -0.39 is 11.6 Å². The Morgan fingerprint density at radius 3 is 2.82 bits per heavy atom. The van der Waals surface area contributed by atoms with Crippen molar-refractivity contribution in [3.05, 3.63) is 29.8 Å². The van der Waals surface area contributed by atoms with E-state index in [4.69, 9.17) is 9.47 Å². The maximum Gasteiger partial charge on any atom is 0.253 e. The molecule has 5 nitrogen and oxygen atoms in total. The van der Waals surface area contributed by atoms with Crippen molar-refractivity contribution >= 4 is 5.91 Å². The number of carbonyl (C=O) groups excluding carboxylic acids is 1. The summed E-state index contributed by atoms with van der Waals surface area (Å²) in [5.74, 6) is -1.32. The molecule has 1 amide bonds. The van der Waals surface area contributed by atoms with Crippen LogP contribution in [0.25, 0.3) is 0 Å². The largest absolute Gasteiger partial charge is 0.349 e. The minimum absolute atomic E-state index is 0.149. The zero-order chi connectivity index (χ0) is 15.4. The van der Waals surface area contributed by atoms with Gasteiger partial charge in [-0.2, -0.15) is 0 Å². The van der Waals surface area contributed by atoms with Crippen LogP contribution in [0.4, 0.5) is 4.39 Å². The fraction of sp³-hybridized carbons (Fsp3) is 0.625. The molecule has 3 rings (SSSR count). The highest BCUT2D eigenvalue weighted by Crippen LogP contribution is 2.36. The standard InChI is InChI=1S/C16H21FN2O3/c17-13-7-12(8-18-9-13)15(20)19-10-14-11-21-16(22-14)5-3-1-2-4-6-16/h7-9,14H,1-6,10-11H2,(H,19,20). The molecule has 1 aromatic rings. The molecular formula is C16H21FN2O3. The zero-order valence-corrected chi connectivity index (χ0v) is 12.5. The smallest absolute Gasteiger partial charge is 0.253 e. The van der Waals surface area contributed by atoms with Crippen molar-refractivity contribution < 1.29 is 18.7 Å². The molecule has 22 heavy (non-hydrogen) atoms. The Bertz CT molecular complexity index is 530. The average molecular weight is 308 g/mol. The number of hydrogen-bond donors (Lipinski definition) is 1. The van der Waals surface area contributed by atoms with Crippen molar-refractivity contribution in [3.63, 3.8) is 0 Å². The van der Waals surface area contributed by atoms with Crippen LogP contribution in [0.15, 0.2) is 18.5 Å². The van der Waals surface area contributed by atoms with Gasteiger partial charge in [0.1, 0.15) is 11.9 Å². The molecule has 1 aliphatic heterocycles. The van der Waals surface area contributed by atoms with Gasteiger partial charge < -0.3 is 14.8 Å². The molecule has 2 heterocycles. The summed E-state index contributed by atoms with van der Waals surface area (Å²) in [6.07, 6.45) is 8.80. The molecule has 0 bridgehead atoms. The lowest BCUT2D eigenvalue weighted by Crippen LogP contribution is -2.36. The van der Waals surface area contributed by atoms with Crippen LogP contribution in [0, 0.1) is 5.82 Å². The second-order valence-corrected chi connectivity index (χ2v) is 5.98. The molecule has 0 radical (unpaired) electrons. The van der Waals surface area contributed by atoms with Crippen LogP contribution in [0.2, 0.25) is 0 Å². The molecule has 1 atom stereocenters. The van der Waals surface area contributed by atoms with Crippen molar-refractivity contribution in [2.24, 2.45) is 0 Å². The quantitative estimate of drug-likeness (QED) is 0.931. The third-order valence-corrected chi connectivity index (χ3v) is 4.24. The van der Waals surface area contributed by atoms with Gasteiger partial charge in [0.2, 0.25) is 0 Å². The van der Waals surface area contributed by atoms with E-state index in [1.807, 2.05) is 0 Å². The SMILES string of the molecule is O=C(NCC1COC2(CCCCCC2)O1)c1cncc(F)c1. The minimum Gasteiger partial charge on any atom is -0.349 e. The molecule has 1 saturated heterocycles. The van der Waals surface area contributed by atoms with E-state index in [0.29, 0.717) is 13.2 Å². The molecule has 6 heteroatoms. The summed E-state index contributed by atoms with van der Waals surface area (Å²) in [4.78, 5) is 15.6. The van der Waals surface area contributed by atoms with Gasteiger partial charge >= 0.3 is 0 Å². The highest BCUT2D eigenvalue weighted by atomic mass is 19.1. The fourth-order valence-electron chi connectivity index (χ4n) is 3.09. The first-order valence-corrected chi connectivity index (χ1v) is 7.87. The molecule has 2 aliphatic rings. The van der Waals surface area contributed by atoms with Crippen molar-refractivity contribution in [3.8, 4) is 0 Å². The Labute approximate surface area is 129 Å². The third-order valence-electron chi connectivity index (χ3n) is 4.24. The van der Waals surface area contributed by atoms with Gasteiger partial charge in [0.05, 0.1) is 18.4 Å². The minimum atomic E-state index is -0.523. The monoisotopic (exact) mass is 308 g/mol. The maximum atomic E-state index is 13.1. The Kier molecular flexibility index (Phi) is 4.69. The van der Waals surface area contributed by atoms with Gasteiger partial charge in [0.15, 0.2) is 5.79 Å². The summed E-state index contributed by atoms with van der Waals surface area (Å²) in [7, 11) is 0. The number of aromatic nitrogens is 1. The lowest BCUT2D eigenvalue weighted by atomic mass is 10.1. The highest BCUT2D eigenvalue weighted by Gasteiger charge is 2.41. The van der Waals surface area contributed by atoms with Gasteiger partial charge in [0.25, 0.3) is 5.91 Å². The number of carbonyl (C=O) groups is 1. The molecule has 1 spiro atoms. The van der Waals surface area contributed by atoms with Gasteiger partial charge in [-0.3, -0.25) is 9.78 Å². The molecule has 1 saturated carbocycles. The van der Waals surface area contributed by atoms with Gasteiger partial charge in [-0.05, 0) is 18.9 Å². The number of halogens is 1. The Balaban J connectivity index is 1.51. The molecular weight excluding hydrogens is 287 g/mol. The zero-order valence-electron chi connectivity index (χ0n) is 12.5. The molecule has 1 aliphatic carbocycles. The molecule has 1 unspecified atom stereocenters. The average Bonchev–Trinajstić information content (AvgIpc) is 2.76. The molecule has 120 valence electrons. The lowest BCUT2D eigenvalue weighted by Gasteiger charge is -2.26. The van der Waals surface area contributed by atoms with E-state index in [1.165, 1.54) is 25.1 Å². The van der Waals surface area contributed by atoms with Crippen LogP contribution < -0.4 is 5.32 Å². The van der Waals surface area contributed by atoms with Crippen LogP contribution >= 0.6 is 0 Å². The van der Waals surface area contributed by atoms with E-state index >= 15 is 0 Å². The normalized spacial score (nSPS) is 24.1. The molecule has 2 fully saturated rings. The van der Waals surface area contributed by atoms with E-state index in [-0.39, 0.29) is 17.6 Å². The van der Waals surface area contributed by atoms with Crippen molar-refractivity contribution in [2.45, 2.75) is 50.4 Å². The Hall–Kier alpha value is -1.53. The summed E-state index contributed by atoms with van der Waals surface area (Å²) in [6.45, 7) is 0.846. The van der Waals surface area contributed by atoms with Gasteiger partial charge in [-0.15, -0.1) is 0 Å². The topological polar surface area (TPSA) is 60.5 Å². The van der Waals surface area contributed by atoms with Crippen molar-refractivity contribution in [2.75, 3.05) is 13.2 Å². The number of ether oxygens (including phenoxy) is 2. The second-order valence-electron chi connectivity index (χ2n) is 5.98. The van der Waals surface area contributed by atoms with Crippen LogP contribution in [0.3, 0.4) is 0 Å². The van der Waals surface area contributed by atoms with Gasteiger partial charge in [-0.25, -0.2) is 4.39 Å². The Morgan fingerprint density at radius 2 is 2.09 bits per heavy atom. The predicted molar refractivity (Wildman–Crippen MR) is 77.8 cm³/mol. The number of nitrogens with one attached hydrogen (secondary N) is 1.